The van der Waals surface area contributed by atoms with Gasteiger partial charge in [-0.05, 0) is 12.0 Å². The molecule has 4 heteroatoms. The summed E-state index contributed by atoms with van der Waals surface area (Å²) in [5.41, 5.74) is 1.17. The zero-order chi connectivity index (χ0) is 13.2. The monoisotopic (exact) mass is 251 g/mol. The van der Waals surface area contributed by atoms with Crippen LogP contribution in [-0.2, 0) is 20.9 Å². The van der Waals surface area contributed by atoms with Crippen LogP contribution in [0.3, 0.4) is 0 Å². The largest absolute Gasteiger partial charge is 0.388 e. The van der Waals surface area contributed by atoms with Crippen molar-refractivity contribution in [3.8, 4) is 0 Å². The maximum atomic E-state index is 10.5. The van der Waals surface area contributed by atoms with E-state index in [9.17, 15) is 4.79 Å². The van der Waals surface area contributed by atoms with Crippen molar-refractivity contribution in [2.45, 2.75) is 25.2 Å². The lowest BCUT2D eigenvalue weighted by Gasteiger charge is -2.10. The maximum Gasteiger partial charge on any atom is 0.136 e. The van der Waals surface area contributed by atoms with E-state index in [0.29, 0.717) is 6.61 Å². The minimum Gasteiger partial charge on any atom is -0.388 e. The fraction of sp³-hybridized carbons (Fsp3) is 0.500. The molecule has 0 saturated carbocycles. The van der Waals surface area contributed by atoms with E-state index in [2.05, 4.69) is 10.1 Å². The molecule has 2 unspecified atom stereocenters. The summed E-state index contributed by atoms with van der Waals surface area (Å²) < 4.78 is 9.95. The Hall–Kier alpha value is -1.23. The Morgan fingerprint density at radius 1 is 1.33 bits per heavy atom. The van der Waals surface area contributed by atoms with Gasteiger partial charge in [0.2, 0.25) is 0 Å². The highest BCUT2D eigenvalue weighted by Crippen LogP contribution is 2.11. The third kappa shape index (κ3) is 5.40. The predicted octanol–water partition coefficient (Wildman–Crippen LogP) is 1.40. The normalized spacial score (nSPS) is 22.1. The van der Waals surface area contributed by atoms with Gasteiger partial charge >= 0.3 is 0 Å². The average Bonchev–Trinajstić information content (AvgIpc) is 2.86. The van der Waals surface area contributed by atoms with Gasteiger partial charge in [0, 0.05) is 20.8 Å². The van der Waals surface area contributed by atoms with Crippen molar-refractivity contribution in [1.29, 1.82) is 0 Å². The molecule has 1 aromatic carbocycles. The summed E-state index contributed by atoms with van der Waals surface area (Å²) in [5, 5.41) is 3.10. The SMILES string of the molecule is COC.O=CC1CC(OCc2ccccc2)CN1. The number of carbonyl (C=O) groups excluding carboxylic acids is 1. The second kappa shape index (κ2) is 8.80. The first kappa shape index (κ1) is 14.8. The molecule has 1 aliphatic heterocycles. The topological polar surface area (TPSA) is 47.6 Å². The molecule has 1 aliphatic rings. The van der Waals surface area contributed by atoms with Gasteiger partial charge < -0.3 is 19.6 Å². The van der Waals surface area contributed by atoms with Crippen LogP contribution in [0.5, 0.6) is 0 Å². The zero-order valence-corrected chi connectivity index (χ0v) is 11.0. The third-order valence-corrected chi connectivity index (χ3v) is 2.62. The summed E-state index contributed by atoms with van der Waals surface area (Å²) in [5.74, 6) is 0. The van der Waals surface area contributed by atoms with Crippen LogP contribution in [-0.4, -0.2) is 39.2 Å². The van der Waals surface area contributed by atoms with Crippen LogP contribution in [0.15, 0.2) is 30.3 Å². The number of benzene rings is 1. The summed E-state index contributed by atoms with van der Waals surface area (Å²) in [4.78, 5) is 10.5. The van der Waals surface area contributed by atoms with Crippen LogP contribution < -0.4 is 5.32 Å². The van der Waals surface area contributed by atoms with Crippen molar-refractivity contribution in [3.63, 3.8) is 0 Å². The van der Waals surface area contributed by atoms with E-state index in [0.717, 1.165) is 19.3 Å². The quantitative estimate of drug-likeness (QED) is 0.822. The van der Waals surface area contributed by atoms with E-state index >= 15 is 0 Å². The first-order valence-corrected chi connectivity index (χ1v) is 6.04. The second-order valence-corrected chi connectivity index (χ2v) is 4.21. The molecule has 0 aromatic heterocycles. The molecule has 1 saturated heterocycles. The molecule has 0 radical (unpaired) electrons. The second-order valence-electron chi connectivity index (χ2n) is 4.21. The van der Waals surface area contributed by atoms with E-state index in [1.54, 1.807) is 14.2 Å². The van der Waals surface area contributed by atoms with Gasteiger partial charge in [0.05, 0.1) is 18.8 Å². The van der Waals surface area contributed by atoms with Gasteiger partial charge in [-0.15, -0.1) is 0 Å². The molecule has 0 amide bonds. The molecule has 1 fully saturated rings. The Kier molecular flexibility index (Phi) is 7.25. The van der Waals surface area contributed by atoms with Crippen molar-refractivity contribution in [3.05, 3.63) is 35.9 Å². The third-order valence-electron chi connectivity index (χ3n) is 2.62. The van der Waals surface area contributed by atoms with E-state index in [1.165, 1.54) is 5.56 Å². The number of methoxy groups -OCH3 is 1. The Morgan fingerprint density at radius 3 is 2.56 bits per heavy atom. The number of nitrogens with one attached hydrogen (secondary N) is 1. The van der Waals surface area contributed by atoms with E-state index < -0.39 is 0 Å². The fourth-order valence-corrected chi connectivity index (χ4v) is 1.75. The number of ether oxygens (including phenoxy) is 2. The van der Waals surface area contributed by atoms with Crippen LogP contribution in [0.4, 0.5) is 0 Å². The van der Waals surface area contributed by atoms with Crippen LogP contribution in [0, 0.1) is 0 Å². The van der Waals surface area contributed by atoms with E-state index in [4.69, 9.17) is 4.74 Å². The molecular formula is C14H21NO3. The Morgan fingerprint density at radius 2 is 2.00 bits per heavy atom. The number of hydrogen-bond donors (Lipinski definition) is 1. The summed E-state index contributed by atoms with van der Waals surface area (Å²) >= 11 is 0. The lowest BCUT2D eigenvalue weighted by atomic mass is 10.2. The predicted molar refractivity (Wildman–Crippen MR) is 70.4 cm³/mol. The van der Waals surface area contributed by atoms with Gasteiger partial charge in [0.1, 0.15) is 6.29 Å². The zero-order valence-electron chi connectivity index (χ0n) is 11.0. The molecule has 0 bridgehead atoms. The van der Waals surface area contributed by atoms with Crippen molar-refractivity contribution in [2.75, 3.05) is 20.8 Å². The van der Waals surface area contributed by atoms with E-state index in [-0.39, 0.29) is 12.1 Å². The molecule has 1 N–H and O–H groups in total. The molecular weight excluding hydrogens is 230 g/mol. The minimum atomic E-state index is -0.0224. The molecule has 18 heavy (non-hydrogen) atoms. The highest BCUT2D eigenvalue weighted by molar-refractivity contribution is 5.58. The van der Waals surface area contributed by atoms with Crippen molar-refractivity contribution in [1.82, 2.24) is 5.32 Å². The molecule has 100 valence electrons. The average molecular weight is 251 g/mol. The Labute approximate surface area is 108 Å². The highest BCUT2D eigenvalue weighted by atomic mass is 16.5. The molecule has 2 atom stereocenters. The number of aldehydes is 1. The van der Waals surface area contributed by atoms with E-state index in [1.807, 2.05) is 30.3 Å². The molecule has 2 rings (SSSR count). The van der Waals surface area contributed by atoms with Crippen molar-refractivity contribution < 1.29 is 14.3 Å². The van der Waals surface area contributed by atoms with Crippen molar-refractivity contribution in [2.24, 2.45) is 0 Å². The van der Waals surface area contributed by atoms with Crippen LogP contribution in [0.1, 0.15) is 12.0 Å². The van der Waals surface area contributed by atoms with Crippen LogP contribution in [0.2, 0.25) is 0 Å². The summed E-state index contributed by atoms with van der Waals surface area (Å²) in [6.07, 6.45) is 1.91. The lowest BCUT2D eigenvalue weighted by Crippen LogP contribution is -2.22. The number of hydrogen-bond acceptors (Lipinski definition) is 4. The molecule has 4 nitrogen and oxygen atoms in total. The Bertz CT molecular complexity index is 329. The molecule has 0 spiro atoms. The van der Waals surface area contributed by atoms with Gasteiger partial charge in [-0.3, -0.25) is 0 Å². The van der Waals surface area contributed by atoms with Crippen LogP contribution in [0.25, 0.3) is 0 Å². The standard InChI is InChI=1S/C12H15NO2.C2H6O/c14-8-11-6-12(7-13-11)15-9-10-4-2-1-3-5-10;1-3-2/h1-5,8,11-13H,6-7,9H2;1-2H3. The first-order chi connectivity index (χ1) is 8.80. The van der Waals surface area contributed by atoms with Gasteiger partial charge in [0.15, 0.2) is 0 Å². The molecule has 0 aliphatic carbocycles. The summed E-state index contributed by atoms with van der Waals surface area (Å²) in [7, 11) is 3.25. The van der Waals surface area contributed by atoms with Crippen LogP contribution >= 0.6 is 0 Å². The number of carbonyl (C=O) groups is 1. The van der Waals surface area contributed by atoms with Gasteiger partial charge in [-0.1, -0.05) is 30.3 Å². The maximum absolute atomic E-state index is 10.5. The minimum absolute atomic E-state index is 0.0224. The Balaban J connectivity index is 0.000000492. The molecule has 1 aromatic rings. The lowest BCUT2D eigenvalue weighted by molar-refractivity contribution is -0.109. The summed E-state index contributed by atoms with van der Waals surface area (Å²) in [6.45, 7) is 1.40. The van der Waals surface area contributed by atoms with Gasteiger partial charge in [-0.25, -0.2) is 0 Å². The van der Waals surface area contributed by atoms with Gasteiger partial charge in [-0.2, -0.15) is 0 Å². The van der Waals surface area contributed by atoms with Gasteiger partial charge in [0.25, 0.3) is 0 Å². The fourth-order valence-electron chi connectivity index (χ4n) is 1.75. The first-order valence-electron chi connectivity index (χ1n) is 6.04. The number of rotatable bonds is 4. The highest BCUT2D eigenvalue weighted by Gasteiger charge is 2.23. The smallest absolute Gasteiger partial charge is 0.136 e. The molecule has 1 heterocycles. The summed E-state index contributed by atoms with van der Waals surface area (Å²) in [6, 6.07) is 10.0. The van der Waals surface area contributed by atoms with Crippen molar-refractivity contribution >= 4 is 6.29 Å².